The molecule has 0 aliphatic carbocycles. The highest BCUT2D eigenvalue weighted by Crippen LogP contribution is 2.42. The van der Waals surface area contributed by atoms with Crippen molar-refractivity contribution in [3.63, 3.8) is 0 Å². The maximum Gasteiger partial charge on any atom is 0.338 e. The number of piperidine rings is 1. The molecule has 0 radical (unpaired) electrons. The lowest BCUT2D eigenvalue weighted by Crippen LogP contribution is -2.42. The molecule has 1 unspecified atom stereocenters. The first kappa shape index (κ1) is 18.5. The minimum absolute atomic E-state index is 0.357. The number of esters is 1. The van der Waals surface area contributed by atoms with Gasteiger partial charge in [0, 0.05) is 38.4 Å². The monoisotopic (exact) mass is 380 g/mol. The molecule has 2 fully saturated rings. The fraction of sp³-hybridized carbons (Fsp3) is 0.348. The van der Waals surface area contributed by atoms with Crippen LogP contribution in [0.25, 0.3) is 6.08 Å². The van der Waals surface area contributed by atoms with Gasteiger partial charge < -0.3 is 14.5 Å². The van der Waals surface area contributed by atoms with E-state index in [2.05, 4.69) is 40.1 Å². The van der Waals surface area contributed by atoms with Gasteiger partial charge in [0.25, 0.3) is 0 Å². The number of fused-ring (bicyclic) bond motifs is 2. The Morgan fingerprint density at radius 1 is 1.21 bits per heavy atom. The summed E-state index contributed by atoms with van der Waals surface area (Å²) in [6.07, 6.45) is 4.76. The third-order valence-corrected chi connectivity index (χ3v) is 5.56. The van der Waals surface area contributed by atoms with Crippen molar-refractivity contribution >= 4 is 17.7 Å². The highest BCUT2D eigenvalue weighted by atomic mass is 19.1. The smallest absolute Gasteiger partial charge is 0.338 e. The van der Waals surface area contributed by atoms with E-state index in [1.165, 1.54) is 30.0 Å². The molecule has 2 aliphatic rings. The second kappa shape index (κ2) is 7.30. The van der Waals surface area contributed by atoms with E-state index in [0.29, 0.717) is 12.0 Å². The van der Waals surface area contributed by atoms with E-state index in [1.54, 1.807) is 0 Å². The van der Waals surface area contributed by atoms with Gasteiger partial charge in [0.2, 0.25) is 0 Å². The molecule has 2 saturated heterocycles. The van der Waals surface area contributed by atoms with Crippen molar-refractivity contribution in [3.8, 4) is 0 Å². The highest BCUT2D eigenvalue weighted by molar-refractivity contribution is 5.89. The first-order chi connectivity index (χ1) is 13.4. The second-order valence-corrected chi connectivity index (χ2v) is 7.91. The number of hydrogen-bond acceptors (Lipinski definition) is 4. The van der Waals surface area contributed by atoms with E-state index >= 15 is 0 Å². The summed E-state index contributed by atoms with van der Waals surface area (Å²) in [6, 6.07) is 13.9. The minimum Gasteiger partial charge on any atom is -0.453 e. The van der Waals surface area contributed by atoms with E-state index in [0.717, 1.165) is 37.2 Å². The van der Waals surface area contributed by atoms with Crippen LogP contribution in [0.5, 0.6) is 0 Å². The van der Waals surface area contributed by atoms with Crippen LogP contribution < -0.4 is 4.90 Å². The van der Waals surface area contributed by atoms with E-state index in [9.17, 15) is 9.18 Å². The average molecular weight is 380 g/mol. The van der Waals surface area contributed by atoms with Gasteiger partial charge in [-0.15, -0.1) is 0 Å². The van der Waals surface area contributed by atoms with Crippen molar-refractivity contribution in [1.82, 2.24) is 4.90 Å². The van der Waals surface area contributed by atoms with Gasteiger partial charge in [-0.05, 0) is 60.9 Å². The summed E-state index contributed by atoms with van der Waals surface area (Å²) in [5.41, 5.74) is 3.41. The number of carbonyl (C=O) groups is 1. The van der Waals surface area contributed by atoms with Crippen molar-refractivity contribution in [2.45, 2.75) is 24.9 Å². The predicted molar refractivity (Wildman–Crippen MR) is 109 cm³/mol. The molecule has 5 heteroatoms. The van der Waals surface area contributed by atoms with Crippen LogP contribution in [0.1, 0.15) is 35.2 Å². The Morgan fingerprint density at radius 2 is 2.00 bits per heavy atom. The number of rotatable bonds is 4. The van der Waals surface area contributed by atoms with Gasteiger partial charge in [0.1, 0.15) is 11.4 Å². The summed E-state index contributed by atoms with van der Waals surface area (Å²) in [6.45, 7) is 1.70. The molecule has 0 saturated carbocycles. The van der Waals surface area contributed by atoms with Crippen LogP contribution in [-0.4, -0.2) is 43.7 Å². The van der Waals surface area contributed by atoms with Crippen molar-refractivity contribution in [2.24, 2.45) is 0 Å². The molecule has 28 heavy (non-hydrogen) atoms. The molecule has 4 rings (SSSR count). The van der Waals surface area contributed by atoms with E-state index in [-0.39, 0.29) is 11.8 Å². The molecule has 2 aromatic rings. The van der Waals surface area contributed by atoms with E-state index in [4.69, 9.17) is 4.74 Å². The van der Waals surface area contributed by atoms with Crippen LogP contribution in [0.2, 0.25) is 0 Å². The molecule has 0 N–H and O–H groups in total. The number of carbonyl (C=O) groups excluding carboxylic acids is 1. The van der Waals surface area contributed by atoms with Crippen LogP contribution in [0.15, 0.2) is 54.2 Å². The Hall–Kier alpha value is -2.82. The second-order valence-electron chi connectivity index (χ2n) is 7.91. The largest absolute Gasteiger partial charge is 0.453 e. The Balaban J connectivity index is 1.55. The first-order valence-electron chi connectivity index (χ1n) is 9.66. The summed E-state index contributed by atoms with van der Waals surface area (Å²) in [5, 5.41) is 0. The molecule has 2 aliphatic heterocycles. The fourth-order valence-electron chi connectivity index (χ4n) is 4.12. The van der Waals surface area contributed by atoms with Crippen LogP contribution in [0.3, 0.4) is 0 Å². The van der Waals surface area contributed by atoms with Crippen molar-refractivity contribution < 1.29 is 13.9 Å². The molecule has 0 amide bonds. The van der Waals surface area contributed by atoms with E-state index < -0.39 is 5.60 Å². The summed E-state index contributed by atoms with van der Waals surface area (Å²) < 4.78 is 19.1. The molecule has 0 aromatic heterocycles. The van der Waals surface area contributed by atoms with Gasteiger partial charge in [0.15, 0.2) is 0 Å². The summed E-state index contributed by atoms with van der Waals surface area (Å²) in [7, 11) is 4.06. The van der Waals surface area contributed by atoms with Crippen LogP contribution in [0.4, 0.5) is 10.1 Å². The molecule has 1 atom stereocenters. The van der Waals surface area contributed by atoms with Gasteiger partial charge in [-0.1, -0.05) is 12.1 Å². The van der Waals surface area contributed by atoms with E-state index in [1.807, 2.05) is 14.1 Å². The third kappa shape index (κ3) is 3.75. The third-order valence-electron chi connectivity index (χ3n) is 5.56. The number of halogens is 1. The highest BCUT2D eigenvalue weighted by Gasteiger charge is 2.46. The van der Waals surface area contributed by atoms with Crippen molar-refractivity contribution in [2.75, 3.05) is 32.1 Å². The lowest BCUT2D eigenvalue weighted by molar-refractivity contribution is -0.0270. The number of hydrogen-bond donors (Lipinski definition) is 0. The quantitative estimate of drug-likeness (QED) is 0.740. The Labute approximate surface area is 165 Å². The summed E-state index contributed by atoms with van der Waals surface area (Å²) >= 11 is 0. The van der Waals surface area contributed by atoms with Crippen LogP contribution >= 0.6 is 0 Å². The Morgan fingerprint density at radius 3 is 2.75 bits per heavy atom. The standard InChI is InChI=1S/C23H25FN2O2/c1-25(2)20-6-3-5-17(13-20)14-21-15-23(11-4-12-26(21)16-23)28-22(27)18-7-9-19(24)10-8-18/h3,5-10,13-14H,4,11-12,15-16H2,1-2H3/b21-14+. The molecule has 2 bridgehead atoms. The zero-order valence-corrected chi connectivity index (χ0v) is 16.3. The topological polar surface area (TPSA) is 32.8 Å². The lowest BCUT2D eigenvalue weighted by atomic mass is 9.94. The van der Waals surface area contributed by atoms with Gasteiger partial charge in [-0.3, -0.25) is 0 Å². The van der Waals surface area contributed by atoms with Crippen LogP contribution in [0, 0.1) is 5.82 Å². The van der Waals surface area contributed by atoms with Crippen LogP contribution in [-0.2, 0) is 4.74 Å². The zero-order chi connectivity index (χ0) is 19.7. The summed E-state index contributed by atoms with van der Waals surface area (Å²) in [4.78, 5) is 17.0. The number of benzene rings is 2. The normalized spacial score (nSPS) is 22.4. The van der Waals surface area contributed by atoms with Gasteiger partial charge >= 0.3 is 5.97 Å². The molecule has 146 valence electrons. The van der Waals surface area contributed by atoms with Crippen molar-refractivity contribution in [3.05, 3.63) is 71.2 Å². The average Bonchev–Trinajstić information content (AvgIpc) is 2.91. The maximum absolute atomic E-state index is 13.1. The zero-order valence-electron chi connectivity index (χ0n) is 16.3. The van der Waals surface area contributed by atoms with Gasteiger partial charge in [-0.2, -0.15) is 0 Å². The fourth-order valence-corrected chi connectivity index (χ4v) is 4.12. The number of ether oxygens (including phenoxy) is 1. The maximum atomic E-state index is 13.1. The SMILES string of the molecule is CN(C)c1cccc(/C=C2\CC3(OC(=O)c4ccc(F)cc4)CCCN2C3)c1. The molecule has 4 nitrogen and oxygen atoms in total. The summed E-state index contributed by atoms with van der Waals surface area (Å²) in [5.74, 6) is -0.734. The molecule has 2 heterocycles. The Bertz CT molecular complexity index is 907. The molecular weight excluding hydrogens is 355 g/mol. The predicted octanol–water partition coefficient (Wildman–Crippen LogP) is 4.33. The lowest BCUT2D eigenvalue weighted by Gasteiger charge is -2.33. The van der Waals surface area contributed by atoms with Gasteiger partial charge in [-0.25, -0.2) is 9.18 Å². The Kier molecular flexibility index (Phi) is 4.84. The molecule has 2 aromatic carbocycles. The minimum atomic E-state index is -0.491. The number of anilines is 1. The molecule has 0 spiro atoms. The molecular formula is C23H25FN2O2. The van der Waals surface area contributed by atoms with Crippen molar-refractivity contribution in [1.29, 1.82) is 0 Å². The van der Waals surface area contributed by atoms with Gasteiger partial charge in [0.05, 0.1) is 12.1 Å². The first-order valence-corrected chi connectivity index (χ1v) is 9.66. The number of nitrogens with zero attached hydrogens (tertiary/aromatic N) is 2.